The van der Waals surface area contributed by atoms with Crippen molar-refractivity contribution in [1.82, 2.24) is 9.80 Å². The Morgan fingerprint density at radius 2 is 1.72 bits per heavy atom. The predicted octanol–water partition coefficient (Wildman–Crippen LogP) is 3.52. The minimum atomic E-state index is -0.221. The van der Waals surface area contributed by atoms with Crippen molar-refractivity contribution in [2.45, 2.75) is 62.9 Å². The zero-order chi connectivity index (χ0) is 20.3. The van der Waals surface area contributed by atoms with E-state index in [1.807, 2.05) is 18.2 Å². The Morgan fingerprint density at radius 1 is 1.00 bits per heavy atom. The monoisotopic (exact) mass is 401 g/mol. The number of carbonyl (C=O) groups is 1. The summed E-state index contributed by atoms with van der Waals surface area (Å²) in [6, 6.07) is 6.18. The second-order valence-electron chi connectivity index (χ2n) is 8.74. The molecule has 3 aliphatic rings. The number of carbonyl (C=O) groups excluding carboxylic acids is 1. The van der Waals surface area contributed by atoms with Gasteiger partial charge in [-0.3, -0.25) is 9.69 Å². The number of methoxy groups -OCH3 is 2. The van der Waals surface area contributed by atoms with Crippen molar-refractivity contribution in [2.24, 2.45) is 0 Å². The van der Waals surface area contributed by atoms with Gasteiger partial charge in [-0.15, -0.1) is 0 Å². The highest BCUT2D eigenvalue weighted by Crippen LogP contribution is 2.39. The van der Waals surface area contributed by atoms with Gasteiger partial charge in [-0.25, -0.2) is 0 Å². The van der Waals surface area contributed by atoms with Crippen LogP contribution in [0.1, 0.15) is 51.4 Å². The van der Waals surface area contributed by atoms with Gasteiger partial charge < -0.3 is 19.7 Å². The van der Waals surface area contributed by atoms with Gasteiger partial charge in [-0.2, -0.15) is 0 Å². The molecular weight excluding hydrogens is 366 g/mol. The van der Waals surface area contributed by atoms with Crippen molar-refractivity contribution in [3.63, 3.8) is 0 Å². The lowest BCUT2D eigenvalue weighted by Gasteiger charge is -2.43. The Hall–Kier alpha value is -1.95. The molecule has 1 amide bonds. The Bertz CT molecular complexity index is 711. The van der Waals surface area contributed by atoms with Crippen LogP contribution in [0.5, 0.6) is 11.5 Å². The van der Waals surface area contributed by atoms with E-state index in [9.17, 15) is 4.79 Å². The summed E-state index contributed by atoms with van der Waals surface area (Å²) < 4.78 is 10.8. The molecule has 6 nitrogen and oxygen atoms in total. The van der Waals surface area contributed by atoms with E-state index in [-0.39, 0.29) is 11.6 Å². The summed E-state index contributed by atoms with van der Waals surface area (Å²) in [5.41, 5.74) is 0.791. The minimum Gasteiger partial charge on any atom is -0.493 e. The van der Waals surface area contributed by atoms with E-state index in [1.54, 1.807) is 14.2 Å². The summed E-state index contributed by atoms with van der Waals surface area (Å²) >= 11 is 0. The lowest BCUT2D eigenvalue weighted by molar-refractivity contribution is -0.145. The first-order chi connectivity index (χ1) is 14.2. The zero-order valence-electron chi connectivity index (χ0n) is 17.9. The standard InChI is InChI=1S/C23H35N3O3/c1-28-20-10-9-18(16-21(20)29-2)24-19-8-7-13-25(17-19)22(27)23(11-3-4-12-23)26-14-5-6-15-26/h9-10,16,19,24H,3-8,11-15,17H2,1-2H3/t19-/m0/s1. The van der Waals surface area contributed by atoms with Crippen molar-refractivity contribution >= 4 is 11.6 Å². The normalized spacial score (nSPS) is 24.5. The molecule has 1 N–H and O–H groups in total. The molecule has 1 aromatic rings. The second-order valence-corrected chi connectivity index (χ2v) is 8.74. The number of likely N-dealkylation sites (tertiary alicyclic amines) is 2. The number of piperidine rings is 1. The van der Waals surface area contributed by atoms with Crippen molar-refractivity contribution in [3.8, 4) is 11.5 Å². The molecule has 2 heterocycles. The van der Waals surface area contributed by atoms with E-state index in [2.05, 4.69) is 15.1 Å². The van der Waals surface area contributed by atoms with E-state index < -0.39 is 0 Å². The molecule has 0 unspecified atom stereocenters. The van der Waals surface area contributed by atoms with Gasteiger partial charge in [0.2, 0.25) is 5.91 Å². The van der Waals surface area contributed by atoms with E-state index in [0.717, 1.165) is 69.0 Å². The number of ether oxygens (including phenoxy) is 2. The third-order valence-corrected chi connectivity index (χ3v) is 7.00. The maximum absolute atomic E-state index is 13.7. The van der Waals surface area contributed by atoms with Crippen LogP contribution in [-0.2, 0) is 4.79 Å². The summed E-state index contributed by atoms with van der Waals surface area (Å²) in [4.78, 5) is 18.4. The van der Waals surface area contributed by atoms with Gasteiger partial charge in [0, 0.05) is 30.9 Å². The molecule has 29 heavy (non-hydrogen) atoms. The van der Waals surface area contributed by atoms with Gasteiger partial charge in [0.15, 0.2) is 11.5 Å². The van der Waals surface area contributed by atoms with Gasteiger partial charge in [0.1, 0.15) is 5.54 Å². The quantitative estimate of drug-likeness (QED) is 0.791. The third-order valence-electron chi connectivity index (χ3n) is 7.00. The highest BCUT2D eigenvalue weighted by molar-refractivity contribution is 5.87. The number of amides is 1. The highest BCUT2D eigenvalue weighted by Gasteiger charge is 2.49. The highest BCUT2D eigenvalue weighted by atomic mass is 16.5. The van der Waals surface area contributed by atoms with Crippen LogP contribution in [0.25, 0.3) is 0 Å². The molecule has 1 aromatic carbocycles. The number of rotatable bonds is 6. The Morgan fingerprint density at radius 3 is 2.41 bits per heavy atom. The minimum absolute atomic E-state index is 0.221. The predicted molar refractivity (Wildman–Crippen MR) is 115 cm³/mol. The van der Waals surface area contributed by atoms with Crippen LogP contribution in [0.3, 0.4) is 0 Å². The summed E-state index contributed by atoms with van der Waals surface area (Å²) in [5, 5.41) is 3.62. The molecule has 1 aliphatic carbocycles. The van der Waals surface area contributed by atoms with Crippen LogP contribution in [0.2, 0.25) is 0 Å². The third kappa shape index (κ3) is 4.04. The molecule has 2 saturated heterocycles. The first-order valence-corrected chi connectivity index (χ1v) is 11.2. The van der Waals surface area contributed by atoms with E-state index >= 15 is 0 Å². The number of hydrogen-bond acceptors (Lipinski definition) is 5. The molecule has 0 bridgehead atoms. The van der Waals surface area contributed by atoms with Crippen LogP contribution >= 0.6 is 0 Å². The average Bonchev–Trinajstić information content (AvgIpc) is 3.46. The van der Waals surface area contributed by atoms with Gasteiger partial charge in [0.05, 0.1) is 14.2 Å². The molecule has 2 aliphatic heterocycles. The SMILES string of the molecule is COc1ccc(N[C@H]2CCCN(C(=O)C3(N4CCCC4)CCCC3)C2)cc1OC. The van der Waals surface area contributed by atoms with E-state index in [1.165, 1.54) is 25.7 Å². The maximum atomic E-state index is 13.7. The molecule has 0 radical (unpaired) electrons. The molecule has 4 rings (SSSR count). The van der Waals surface area contributed by atoms with Gasteiger partial charge >= 0.3 is 0 Å². The molecule has 3 fully saturated rings. The van der Waals surface area contributed by atoms with Crippen molar-refractivity contribution in [1.29, 1.82) is 0 Å². The van der Waals surface area contributed by atoms with Crippen molar-refractivity contribution in [3.05, 3.63) is 18.2 Å². The number of benzene rings is 1. The number of hydrogen-bond donors (Lipinski definition) is 1. The average molecular weight is 402 g/mol. The Balaban J connectivity index is 1.44. The zero-order valence-corrected chi connectivity index (χ0v) is 17.9. The van der Waals surface area contributed by atoms with Crippen LogP contribution in [0, 0.1) is 0 Å². The van der Waals surface area contributed by atoms with Gasteiger partial charge in [-0.05, 0) is 63.7 Å². The summed E-state index contributed by atoms with van der Waals surface area (Å²) in [5.74, 6) is 1.84. The molecule has 6 heteroatoms. The summed E-state index contributed by atoms with van der Waals surface area (Å²) in [7, 11) is 3.30. The fourth-order valence-electron chi connectivity index (χ4n) is 5.51. The van der Waals surface area contributed by atoms with E-state index in [0.29, 0.717) is 5.91 Å². The molecular formula is C23H35N3O3. The molecule has 1 atom stereocenters. The van der Waals surface area contributed by atoms with Gasteiger partial charge in [0.25, 0.3) is 0 Å². The molecule has 160 valence electrons. The molecule has 0 aromatic heterocycles. The lowest BCUT2D eigenvalue weighted by atomic mass is 9.91. The van der Waals surface area contributed by atoms with Crippen LogP contribution in [0.4, 0.5) is 5.69 Å². The summed E-state index contributed by atoms with van der Waals surface area (Å²) in [6.45, 7) is 3.85. The molecule has 0 spiro atoms. The fourth-order valence-corrected chi connectivity index (χ4v) is 5.51. The Labute approximate surface area is 174 Å². The first-order valence-electron chi connectivity index (χ1n) is 11.2. The van der Waals surface area contributed by atoms with Crippen LogP contribution < -0.4 is 14.8 Å². The summed E-state index contributed by atoms with van der Waals surface area (Å²) in [6.07, 6.45) is 9.04. The number of anilines is 1. The van der Waals surface area contributed by atoms with Crippen molar-refractivity contribution in [2.75, 3.05) is 45.7 Å². The van der Waals surface area contributed by atoms with Crippen LogP contribution in [-0.4, -0.2) is 67.7 Å². The first kappa shape index (κ1) is 20.3. The fraction of sp³-hybridized carbons (Fsp3) is 0.696. The number of nitrogens with one attached hydrogen (secondary N) is 1. The van der Waals surface area contributed by atoms with Crippen LogP contribution in [0.15, 0.2) is 18.2 Å². The molecule has 1 saturated carbocycles. The largest absolute Gasteiger partial charge is 0.493 e. The van der Waals surface area contributed by atoms with Crippen molar-refractivity contribution < 1.29 is 14.3 Å². The topological polar surface area (TPSA) is 54.0 Å². The maximum Gasteiger partial charge on any atom is 0.243 e. The smallest absolute Gasteiger partial charge is 0.243 e. The van der Waals surface area contributed by atoms with Gasteiger partial charge in [-0.1, -0.05) is 12.8 Å². The lowest BCUT2D eigenvalue weighted by Crippen LogP contribution is -2.59. The number of nitrogens with zero attached hydrogens (tertiary/aromatic N) is 2. The van der Waals surface area contributed by atoms with E-state index in [4.69, 9.17) is 9.47 Å². The second kappa shape index (κ2) is 8.82. The Kier molecular flexibility index (Phi) is 6.18.